The van der Waals surface area contributed by atoms with Crippen LogP contribution in [-0.4, -0.2) is 43.5 Å². The second kappa shape index (κ2) is 5.80. The number of benzene rings is 1. The monoisotopic (exact) mass is 280 g/mol. The number of anilines is 1. The van der Waals surface area contributed by atoms with Crippen molar-refractivity contribution in [2.45, 2.75) is 19.4 Å². The van der Waals surface area contributed by atoms with Gasteiger partial charge in [0.05, 0.1) is 5.02 Å². The lowest BCUT2D eigenvalue weighted by atomic mass is 10.1. The lowest BCUT2D eigenvalue weighted by Gasteiger charge is -2.30. The van der Waals surface area contributed by atoms with E-state index in [9.17, 15) is 0 Å². The third kappa shape index (κ3) is 3.19. The lowest BCUT2D eigenvalue weighted by molar-refractivity contribution is 0.337. The predicted octanol–water partition coefficient (Wildman–Crippen LogP) is 2.15. The number of nitrogens with zero attached hydrogens (tertiary/aromatic N) is 2. The summed E-state index contributed by atoms with van der Waals surface area (Å²) >= 11 is 6.20. The second-order valence-corrected chi connectivity index (χ2v) is 5.64. The molecule has 0 saturated carbocycles. The Labute approximate surface area is 119 Å². The van der Waals surface area contributed by atoms with E-state index in [1.165, 1.54) is 0 Å². The summed E-state index contributed by atoms with van der Waals surface area (Å²) in [4.78, 5) is 4.73. The summed E-state index contributed by atoms with van der Waals surface area (Å²) in [5.74, 6) is 0.0141. The zero-order valence-electron chi connectivity index (χ0n) is 11.5. The van der Waals surface area contributed by atoms with Gasteiger partial charge in [0.25, 0.3) is 0 Å². The maximum atomic E-state index is 7.47. The molecule has 1 aliphatic heterocycles. The SMILES string of the molecule is CC1CN(C)CCCN1c1ccc(C(=N)N)c(Cl)c1. The van der Waals surface area contributed by atoms with E-state index in [1.807, 2.05) is 18.2 Å². The molecule has 0 amide bonds. The summed E-state index contributed by atoms with van der Waals surface area (Å²) in [6.45, 7) is 5.43. The van der Waals surface area contributed by atoms with Gasteiger partial charge in [-0.15, -0.1) is 0 Å². The Bertz CT molecular complexity index is 475. The minimum Gasteiger partial charge on any atom is -0.384 e. The van der Waals surface area contributed by atoms with E-state index in [2.05, 4.69) is 23.8 Å². The zero-order valence-corrected chi connectivity index (χ0v) is 12.2. The van der Waals surface area contributed by atoms with E-state index in [4.69, 9.17) is 22.7 Å². The van der Waals surface area contributed by atoms with Crippen LogP contribution < -0.4 is 10.6 Å². The number of amidine groups is 1. The quantitative estimate of drug-likeness (QED) is 0.645. The first-order valence-electron chi connectivity index (χ1n) is 6.58. The van der Waals surface area contributed by atoms with E-state index >= 15 is 0 Å². The van der Waals surface area contributed by atoms with Crippen molar-refractivity contribution in [3.63, 3.8) is 0 Å². The van der Waals surface area contributed by atoms with Crippen molar-refractivity contribution in [1.82, 2.24) is 4.90 Å². The van der Waals surface area contributed by atoms with Crippen LogP contribution in [0, 0.1) is 5.41 Å². The molecule has 1 atom stereocenters. The van der Waals surface area contributed by atoms with E-state index in [-0.39, 0.29) is 5.84 Å². The fraction of sp³-hybridized carbons (Fsp3) is 0.500. The van der Waals surface area contributed by atoms with Gasteiger partial charge in [0, 0.05) is 30.4 Å². The molecule has 104 valence electrons. The highest BCUT2D eigenvalue weighted by molar-refractivity contribution is 6.34. The molecule has 1 fully saturated rings. The number of likely N-dealkylation sites (N-methyl/N-ethyl adjacent to an activating group) is 1. The lowest BCUT2D eigenvalue weighted by Crippen LogP contribution is -2.37. The highest BCUT2D eigenvalue weighted by Gasteiger charge is 2.20. The van der Waals surface area contributed by atoms with Crippen LogP contribution in [-0.2, 0) is 0 Å². The Hall–Kier alpha value is -1.26. The smallest absolute Gasteiger partial charge is 0.124 e. The van der Waals surface area contributed by atoms with E-state index in [1.54, 1.807) is 0 Å². The normalized spacial score (nSPS) is 21.2. The Morgan fingerprint density at radius 3 is 2.79 bits per heavy atom. The average Bonchev–Trinajstić information content (AvgIpc) is 2.49. The highest BCUT2D eigenvalue weighted by atomic mass is 35.5. The van der Waals surface area contributed by atoms with E-state index < -0.39 is 0 Å². The van der Waals surface area contributed by atoms with Crippen LogP contribution in [0.1, 0.15) is 18.9 Å². The molecule has 3 N–H and O–H groups in total. The summed E-state index contributed by atoms with van der Waals surface area (Å²) in [5, 5.41) is 8.02. The molecule has 1 aromatic carbocycles. The molecule has 2 rings (SSSR count). The van der Waals surface area contributed by atoms with Crippen LogP contribution in [0.15, 0.2) is 18.2 Å². The molecule has 4 nitrogen and oxygen atoms in total. The van der Waals surface area contributed by atoms with Crippen molar-refractivity contribution in [2.24, 2.45) is 5.73 Å². The molecule has 0 bridgehead atoms. The van der Waals surface area contributed by atoms with Crippen molar-refractivity contribution >= 4 is 23.1 Å². The summed E-state index contributed by atoms with van der Waals surface area (Å²) < 4.78 is 0. The van der Waals surface area contributed by atoms with Gasteiger partial charge in [-0.1, -0.05) is 11.6 Å². The Morgan fingerprint density at radius 2 is 2.16 bits per heavy atom. The average molecular weight is 281 g/mol. The molecule has 5 heteroatoms. The Kier molecular flexibility index (Phi) is 4.32. The molecule has 0 radical (unpaired) electrons. The molecule has 1 unspecified atom stereocenters. The third-order valence-corrected chi connectivity index (χ3v) is 3.93. The zero-order chi connectivity index (χ0) is 14.0. The maximum absolute atomic E-state index is 7.47. The van der Waals surface area contributed by atoms with Gasteiger partial charge in [0.15, 0.2) is 0 Å². The van der Waals surface area contributed by atoms with Crippen molar-refractivity contribution in [3.8, 4) is 0 Å². The van der Waals surface area contributed by atoms with E-state index in [0.29, 0.717) is 16.6 Å². The first-order valence-corrected chi connectivity index (χ1v) is 6.96. The Morgan fingerprint density at radius 1 is 1.42 bits per heavy atom. The van der Waals surface area contributed by atoms with Gasteiger partial charge >= 0.3 is 0 Å². The largest absolute Gasteiger partial charge is 0.384 e. The number of rotatable bonds is 2. The van der Waals surface area contributed by atoms with Crippen molar-refractivity contribution in [2.75, 3.05) is 31.6 Å². The summed E-state index contributed by atoms with van der Waals surface area (Å²) in [6, 6.07) is 6.21. The molecule has 1 aliphatic rings. The van der Waals surface area contributed by atoms with E-state index in [0.717, 1.165) is 31.7 Å². The molecule has 19 heavy (non-hydrogen) atoms. The van der Waals surface area contributed by atoms with Crippen LogP contribution in [0.4, 0.5) is 5.69 Å². The van der Waals surface area contributed by atoms with Gasteiger partial charge in [-0.2, -0.15) is 0 Å². The summed E-state index contributed by atoms with van der Waals surface area (Å²) in [6.07, 6.45) is 1.15. The standard InChI is InChI=1S/C14H21ClN4/c1-10-9-18(2)6-3-7-19(10)11-4-5-12(14(16)17)13(15)8-11/h4-5,8,10H,3,6-7,9H2,1-2H3,(H3,16,17). The van der Waals surface area contributed by atoms with Crippen LogP contribution in [0.3, 0.4) is 0 Å². The first-order chi connectivity index (χ1) is 8.99. The van der Waals surface area contributed by atoms with Crippen molar-refractivity contribution < 1.29 is 0 Å². The minimum absolute atomic E-state index is 0.0141. The van der Waals surface area contributed by atoms with Gasteiger partial charge in [-0.25, -0.2) is 0 Å². The molecular formula is C14H21ClN4. The van der Waals surface area contributed by atoms with Gasteiger partial charge < -0.3 is 15.5 Å². The van der Waals surface area contributed by atoms with Crippen LogP contribution >= 0.6 is 11.6 Å². The second-order valence-electron chi connectivity index (χ2n) is 5.24. The fourth-order valence-corrected chi connectivity index (χ4v) is 2.93. The molecule has 1 heterocycles. The molecular weight excluding hydrogens is 260 g/mol. The van der Waals surface area contributed by atoms with Gasteiger partial charge in [-0.3, -0.25) is 5.41 Å². The number of hydrogen-bond acceptors (Lipinski definition) is 3. The fourth-order valence-electron chi connectivity index (χ4n) is 2.66. The van der Waals surface area contributed by atoms with Crippen LogP contribution in [0.25, 0.3) is 0 Å². The predicted molar refractivity (Wildman–Crippen MR) is 81.4 cm³/mol. The topological polar surface area (TPSA) is 56.4 Å². The van der Waals surface area contributed by atoms with Crippen LogP contribution in [0.5, 0.6) is 0 Å². The minimum atomic E-state index is 0.0141. The first kappa shape index (κ1) is 14.2. The highest BCUT2D eigenvalue weighted by Crippen LogP contribution is 2.26. The Balaban J connectivity index is 2.25. The number of hydrogen-bond donors (Lipinski definition) is 2. The molecule has 1 aromatic rings. The summed E-state index contributed by atoms with van der Waals surface area (Å²) in [5.41, 5.74) is 7.20. The number of nitrogens with one attached hydrogen (secondary N) is 1. The molecule has 0 aromatic heterocycles. The molecule has 0 spiro atoms. The number of nitrogen functional groups attached to an aromatic ring is 1. The molecule has 1 saturated heterocycles. The maximum Gasteiger partial charge on any atom is 0.124 e. The van der Waals surface area contributed by atoms with Gasteiger partial charge in [-0.05, 0) is 45.1 Å². The number of halogens is 1. The molecule has 0 aliphatic carbocycles. The van der Waals surface area contributed by atoms with Crippen molar-refractivity contribution in [1.29, 1.82) is 5.41 Å². The van der Waals surface area contributed by atoms with Crippen LogP contribution in [0.2, 0.25) is 5.02 Å². The van der Waals surface area contributed by atoms with Gasteiger partial charge in [0.2, 0.25) is 0 Å². The van der Waals surface area contributed by atoms with Gasteiger partial charge in [0.1, 0.15) is 5.84 Å². The summed E-state index contributed by atoms with van der Waals surface area (Å²) in [7, 11) is 2.16. The number of nitrogens with two attached hydrogens (primary N) is 1. The van der Waals surface area contributed by atoms with Crippen molar-refractivity contribution in [3.05, 3.63) is 28.8 Å². The third-order valence-electron chi connectivity index (χ3n) is 3.62.